The van der Waals surface area contributed by atoms with Crippen LogP contribution in [-0.2, 0) is 33.3 Å². The van der Waals surface area contributed by atoms with Crippen LogP contribution >= 0.6 is 43.2 Å². The van der Waals surface area contributed by atoms with Gasteiger partial charge in [0.05, 0.1) is 32.5 Å². The van der Waals surface area contributed by atoms with Gasteiger partial charge in [-0.1, -0.05) is 61.1 Å². The lowest BCUT2D eigenvalue weighted by atomic mass is 9.71. The largest absolute Gasteiger partial charge is 0.490 e. The fraction of sp³-hybridized carbons (Fsp3) is 0.625. The summed E-state index contributed by atoms with van der Waals surface area (Å²) in [5, 5.41) is 15.3. The normalized spacial score (nSPS) is 18.1. The Kier molecular flexibility index (Phi) is 24.6. The van der Waals surface area contributed by atoms with Crippen LogP contribution in [0.15, 0.2) is 24.3 Å². The smallest absolute Gasteiger partial charge is 0.294 e. The standard InChI is InChI=1S/C32H47BN4O11S4/c1-5-8-23(2)44-19-27-26(48-31(52-50-4)22-46-37(40)41)18-28(47-27)33-11-7-13-35-29(38)20-42-15-16-43-30(51-49-3)21-45-25-10-6-9-24(17-25)32(39)36-14-12-34/h6,9-10,17,23,26-28,30-31,33H,12-16,18-22,34H2,1-4H3,(H,35,38)(H,36,39)/t23?,26-,27?,28-,30?,31-/m1/s1. The first kappa shape index (κ1) is 45.7. The Morgan fingerprint density at radius 1 is 1.15 bits per heavy atom. The number of amides is 2. The maximum atomic E-state index is 12.2. The van der Waals surface area contributed by atoms with Crippen molar-refractivity contribution in [2.75, 3.05) is 71.8 Å². The van der Waals surface area contributed by atoms with E-state index in [-0.39, 0.29) is 75.5 Å². The molecule has 6 atom stereocenters. The minimum Gasteiger partial charge on any atom is -0.490 e. The van der Waals surface area contributed by atoms with Gasteiger partial charge < -0.3 is 49.6 Å². The van der Waals surface area contributed by atoms with E-state index in [1.165, 1.54) is 43.2 Å². The summed E-state index contributed by atoms with van der Waals surface area (Å²) in [5.41, 5.74) is 5.04. The molecular formula is C32H47BN4O11S4. The van der Waals surface area contributed by atoms with Crippen molar-refractivity contribution in [3.05, 3.63) is 39.9 Å². The molecule has 1 aromatic carbocycles. The lowest BCUT2D eigenvalue weighted by molar-refractivity contribution is -0.758. The molecule has 1 heterocycles. The van der Waals surface area contributed by atoms with E-state index in [1.54, 1.807) is 31.2 Å². The second kappa shape index (κ2) is 28.0. The van der Waals surface area contributed by atoms with Crippen LogP contribution in [0.5, 0.6) is 5.75 Å². The van der Waals surface area contributed by atoms with E-state index in [0.29, 0.717) is 38.1 Å². The van der Waals surface area contributed by atoms with Crippen LogP contribution in [0.1, 0.15) is 30.6 Å². The zero-order valence-corrected chi connectivity index (χ0v) is 33.0. The summed E-state index contributed by atoms with van der Waals surface area (Å²) >= 11 is 0. The van der Waals surface area contributed by atoms with Crippen molar-refractivity contribution >= 4 is 62.3 Å². The van der Waals surface area contributed by atoms with Gasteiger partial charge in [0.15, 0.2) is 0 Å². The van der Waals surface area contributed by atoms with Crippen LogP contribution in [0.4, 0.5) is 0 Å². The molecule has 52 heavy (non-hydrogen) atoms. The number of nitrogens with zero attached hydrogens (tertiary/aromatic N) is 1. The molecule has 0 radical (unpaired) electrons. The molecule has 0 aliphatic carbocycles. The van der Waals surface area contributed by atoms with Crippen molar-refractivity contribution in [3.8, 4) is 29.3 Å². The maximum Gasteiger partial charge on any atom is 0.294 e. The molecule has 4 N–H and O–H groups in total. The fourth-order valence-electron chi connectivity index (χ4n) is 4.46. The zero-order valence-electron chi connectivity index (χ0n) is 29.7. The Morgan fingerprint density at radius 3 is 2.67 bits per heavy atom. The van der Waals surface area contributed by atoms with E-state index in [2.05, 4.69) is 39.1 Å². The van der Waals surface area contributed by atoms with Gasteiger partial charge in [0.25, 0.3) is 11.0 Å². The van der Waals surface area contributed by atoms with Crippen molar-refractivity contribution < 1.29 is 47.9 Å². The molecule has 1 aliphatic heterocycles. The molecule has 2 rings (SSSR count). The Hall–Kier alpha value is -2.50. The van der Waals surface area contributed by atoms with Crippen LogP contribution in [0, 0.1) is 33.7 Å². The Balaban J connectivity index is 1.72. The molecule has 1 saturated heterocycles. The molecule has 1 aliphatic rings. The molecule has 0 saturated carbocycles. The lowest BCUT2D eigenvalue weighted by Gasteiger charge is -2.24. The van der Waals surface area contributed by atoms with E-state index < -0.39 is 22.7 Å². The predicted molar refractivity (Wildman–Crippen MR) is 208 cm³/mol. The fourth-order valence-corrected chi connectivity index (χ4v) is 7.39. The quantitative estimate of drug-likeness (QED) is 0.0235. The molecule has 15 nitrogen and oxygen atoms in total. The highest BCUT2D eigenvalue weighted by atomic mass is 33.1. The molecule has 1 fully saturated rings. The Morgan fingerprint density at radius 2 is 1.94 bits per heavy atom. The summed E-state index contributed by atoms with van der Waals surface area (Å²) in [5.74, 6) is 11.7. The number of carbonyl (C=O) groups is 2. The van der Waals surface area contributed by atoms with Gasteiger partial charge in [-0.15, -0.1) is 16.0 Å². The molecule has 0 bridgehead atoms. The van der Waals surface area contributed by atoms with E-state index in [1.807, 2.05) is 19.4 Å². The molecule has 0 spiro atoms. The van der Waals surface area contributed by atoms with Crippen molar-refractivity contribution in [2.24, 2.45) is 5.73 Å². The van der Waals surface area contributed by atoms with Gasteiger partial charge in [0.1, 0.15) is 48.7 Å². The minimum atomic E-state index is -0.843. The van der Waals surface area contributed by atoms with Gasteiger partial charge in [-0.05, 0) is 51.0 Å². The molecule has 20 heteroatoms. The number of rotatable bonds is 26. The Bertz CT molecular complexity index is 1350. The number of hydrogen-bond donors (Lipinski definition) is 3. The number of nitrogens with one attached hydrogen (secondary N) is 2. The maximum absolute atomic E-state index is 12.2. The van der Waals surface area contributed by atoms with E-state index >= 15 is 0 Å². The molecule has 3 unspecified atom stereocenters. The highest BCUT2D eigenvalue weighted by Crippen LogP contribution is 2.31. The summed E-state index contributed by atoms with van der Waals surface area (Å²) in [4.78, 5) is 39.7. The monoisotopic (exact) mass is 802 g/mol. The van der Waals surface area contributed by atoms with Crippen LogP contribution in [0.25, 0.3) is 0 Å². The molecule has 288 valence electrons. The summed E-state index contributed by atoms with van der Waals surface area (Å²) < 4.78 is 35.3. The summed E-state index contributed by atoms with van der Waals surface area (Å²) in [6.45, 7) is 5.01. The zero-order chi connectivity index (χ0) is 38.0. The highest BCUT2D eigenvalue weighted by Gasteiger charge is 2.38. The number of nitrogens with two attached hydrogens (primary N) is 1. The third kappa shape index (κ3) is 20.1. The van der Waals surface area contributed by atoms with E-state index in [9.17, 15) is 19.7 Å². The first-order valence-corrected chi connectivity index (χ1v) is 21.6. The number of ether oxygens (including phenoxy) is 6. The SMILES string of the molecule is CC#CC(C)OCC1O[C@@H](BC#CCNC(=O)COCCOC(COc2cccc(C(=O)NCCN)c2)SSC)C[C@H]1O[C@@H](CO[N+](=O)[O-])SSC. The molecule has 0 aromatic heterocycles. The second-order valence-corrected chi connectivity index (χ2v) is 15.9. The van der Waals surface area contributed by atoms with E-state index in [0.717, 1.165) is 0 Å². The molecule has 2 amide bonds. The minimum absolute atomic E-state index is 0.134. The molecule has 1 aromatic rings. The van der Waals surface area contributed by atoms with Crippen LogP contribution in [-0.4, -0.2) is 131 Å². The van der Waals surface area contributed by atoms with Crippen molar-refractivity contribution in [1.29, 1.82) is 0 Å². The second-order valence-electron chi connectivity index (χ2n) is 10.6. The third-order valence-electron chi connectivity index (χ3n) is 6.69. The average molecular weight is 803 g/mol. The lowest BCUT2D eigenvalue weighted by Crippen LogP contribution is -2.34. The van der Waals surface area contributed by atoms with Gasteiger partial charge in [0.2, 0.25) is 13.2 Å². The predicted octanol–water partition coefficient (Wildman–Crippen LogP) is 2.11. The first-order chi connectivity index (χ1) is 25.2. The van der Waals surface area contributed by atoms with Crippen molar-refractivity contribution in [3.63, 3.8) is 0 Å². The van der Waals surface area contributed by atoms with E-state index in [4.69, 9.17) is 34.2 Å². The van der Waals surface area contributed by atoms with Gasteiger partial charge in [-0.2, -0.15) is 5.82 Å². The first-order valence-electron chi connectivity index (χ1n) is 16.3. The summed E-state index contributed by atoms with van der Waals surface area (Å²) in [6.07, 6.45) is 3.17. The van der Waals surface area contributed by atoms with Gasteiger partial charge >= 0.3 is 0 Å². The van der Waals surface area contributed by atoms with Crippen molar-refractivity contribution in [1.82, 2.24) is 10.6 Å². The number of carbonyl (C=O) groups excluding carboxylic acids is 2. The van der Waals surface area contributed by atoms with Crippen LogP contribution in [0.3, 0.4) is 0 Å². The Labute approximate surface area is 321 Å². The van der Waals surface area contributed by atoms with Crippen LogP contribution in [0.2, 0.25) is 0 Å². The summed E-state index contributed by atoms with van der Waals surface area (Å²) in [7, 11) is 6.15. The third-order valence-corrected chi connectivity index (χ3v) is 10.5. The topological polar surface area (TPSA) is 192 Å². The van der Waals surface area contributed by atoms with Crippen molar-refractivity contribution in [2.45, 2.75) is 55.5 Å². The van der Waals surface area contributed by atoms with Gasteiger partial charge in [0, 0.05) is 24.7 Å². The number of hydrogen-bond acceptors (Lipinski definition) is 16. The highest BCUT2D eigenvalue weighted by molar-refractivity contribution is 8.76. The molecular weight excluding hydrogens is 755 g/mol. The average Bonchev–Trinajstić information content (AvgIpc) is 3.51. The number of benzene rings is 1. The van der Waals surface area contributed by atoms with Gasteiger partial charge in [-0.25, -0.2) is 0 Å². The van der Waals surface area contributed by atoms with Crippen LogP contribution < -0.4 is 21.1 Å². The van der Waals surface area contributed by atoms with Gasteiger partial charge in [-0.3, -0.25) is 9.59 Å². The summed E-state index contributed by atoms with van der Waals surface area (Å²) in [6, 6.07) is 6.61.